The standard InChI is InChI=1S/C17H14FN3O2S/c1-10-9-24-16(19-10)20-15(22)17(6-7-17)14-8-13(23-21-14)11-4-2-3-5-12(11)18/h2-5,8-9H,6-7H2,1H3,(H,19,20,22). The molecule has 0 unspecified atom stereocenters. The molecule has 122 valence electrons. The highest BCUT2D eigenvalue weighted by Gasteiger charge is 2.54. The van der Waals surface area contributed by atoms with Crippen LogP contribution < -0.4 is 5.32 Å². The highest BCUT2D eigenvalue weighted by Crippen LogP contribution is 2.49. The summed E-state index contributed by atoms with van der Waals surface area (Å²) in [6, 6.07) is 7.98. The molecule has 1 N–H and O–H groups in total. The summed E-state index contributed by atoms with van der Waals surface area (Å²) in [5.41, 5.74) is 1.03. The van der Waals surface area contributed by atoms with Crippen LogP contribution in [0.15, 0.2) is 40.2 Å². The molecule has 1 aliphatic rings. The van der Waals surface area contributed by atoms with Gasteiger partial charge in [-0.15, -0.1) is 11.3 Å². The monoisotopic (exact) mass is 343 g/mol. The number of aryl methyl sites for hydroxylation is 1. The molecule has 0 saturated heterocycles. The molecule has 24 heavy (non-hydrogen) atoms. The van der Waals surface area contributed by atoms with Crippen molar-refractivity contribution in [2.45, 2.75) is 25.2 Å². The van der Waals surface area contributed by atoms with E-state index in [9.17, 15) is 9.18 Å². The van der Waals surface area contributed by atoms with Crippen LogP contribution in [0.5, 0.6) is 0 Å². The summed E-state index contributed by atoms with van der Waals surface area (Å²) in [5, 5.41) is 9.30. The van der Waals surface area contributed by atoms with Gasteiger partial charge in [0.1, 0.15) is 5.82 Å². The minimum atomic E-state index is -0.702. The number of nitrogens with zero attached hydrogens (tertiary/aromatic N) is 2. The lowest BCUT2D eigenvalue weighted by molar-refractivity contribution is -0.118. The molecule has 1 aromatic carbocycles. The van der Waals surface area contributed by atoms with Crippen molar-refractivity contribution < 1.29 is 13.7 Å². The first-order valence-electron chi connectivity index (χ1n) is 7.54. The number of carbonyl (C=O) groups excluding carboxylic acids is 1. The third kappa shape index (κ3) is 2.50. The van der Waals surface area contributed by atoms with Crippen LogP contribution in [0.3, 0.4) is 0 Å². The van der Waals surface area contributed by atoms with Gasteiger partial charge in [-0.2, -0.15) is 0 Å². The molecule has 7 heteroatoms. The van der Waals surface area contributed by atoms with Gasteiger partial charge in [-0.05, 0) is 31.9 Å². The number of thiazole rings is 1. The molecule has 3 aromatic rings. The number of rotatable bonds is 4. The summed E-state index contributed by atoms with van der Waals surface area (Å²) in [6.45, 7) is 1.87. The molecule has 1 amide bonds. The lowest BCUT2D eigenvalue weighted by atomic mass is 10.0. The fourth-order valence-electron chi connectivity index (χ4n) is 2.64. The van der Waals surface area contributed by atoms with Gasteiger partial charge in [0, 0.05) is 11.4 Å². The Labute approximate surface area is 141 Å². The van der Waals surface area contributed by atoms with E-state index < -0.39 is 5.41 Å². The van der Waals surface area contributed by atoms with Gasteiger partial charge in [-0.25, -0.2) is 9.37 Å². The lowest BCUT2D eigenvalue weighted by Crippen LogP contribution is -2.28. The van der Waals surface area contributed by atoms with Crippen LogP contribution in [0, 0.1) is 12.7 Å². The average Bonchev–Trinajstić information content (AvgIpc) is 3.05. The van der Waals surface area contributed by atoms with Crippen LogP contribution >= 0.6 is 11.3 Å². The van der Waals surface area contributed by atoms with Gasteiger partial charge in [0.2, 0.25) is 5.91 Å². The lowest BCUT2D eigenvalue weighted by Gasteiger charge is -2.10. The Morgan fingerprint density at radius 1 is 1.38 bits per heavy atom. The van der Waals surface area contributed by atoms with Crippen molar-refractivity contribution in [2.24, 2.45) is 0 Å². The maximum atomic E-state index is 13.9. The molecule has 1 aliphatic carbocycles. The van der Waals surface area contributed by atoms with E-state index in [4.69, 9.17) is 4.52 Å². The summed E-state index contributed by atoms with van der Waals surface area (Å²) in [7, 11) is 0. The van der Waals surface area contributed by atoms with E-state index >= 15 is 0 Å². The number of benzene rings is 1. The van der Waals surface area contributed by atoms with E-state index in [1.807, 2.05) is 12.3 Å². The molecular weight excluding hydrogens is 329 g/mol. The summed E-state index contributed by atoms with van der Waals surface area (Å²) < 4.78 is 19.2. The van der Waals surface area contributed by atoms with Crippen LogP contribution in [0.1, 0.15) is 24.2 Å². The smallest absolute Gasteiger partial charge is 0.238 e. The first-order chi connectivity index (χ1) is 11.6. The minimum Gasteiger partial charge on any atom is -0.356 e. The van der Waals surface area contributed by atoms with Crippen LogP contribution in [0.4, 0.5) is 9.52 Å². The minimum absolute atomic E-state index is 0.148. The highest BCUT2D eigenvalue weighted by atomic mass is 32.1. The van der Waals surface area contributed by atoms with E-state index in [1.54, 1.807) is 24.3 Å². The van der Waals surface area contributed by atoms with Gasteiger partial charge in [0.25, 0.3) is 0 Å². The fraction of sp³-hybridized carbons (Fsp3) is 0.235. The maximum Gasteiger partial charge on any atom is 0.238 e. The predicted molar refractivity (Wildman–Crippen MR) is 88.3 cm³/mol. The number of halogens is 1. The van der Waals surface area contributed by atoms with Crippen molar-refractivity contribution in [3.63, 3.8) is 0 Å². The number of anilines is 1. The summed E-state index contributed by atoms with van der Waals surface area (Å²) in [6.07, 6.45) is 1.37. The summed E-state index contributed by atoms with van der Waals surface area (Å²) in [4.78, 5) is 16.9. The Bertz CT molecular complexity index is 914. The molecule has 5 nitrogen and oxygen atoms in total. The van der Waals surface area contributed by atoms with Crippen LogP contribution in [0.25, 0.3) is 11.3 Å². The second-order valence-electron chi connectivity index (χ2n) is 5.89. The van der Waals surface area contributed by atoms with Crippen molar-refractivity contribution in [1.29, 1.82) is 0 Å². The zero-order valence-corrected chi connectivity index (χ0v) is 13.7. The molecular formula is C17H14FN3O2S. The molecule has 0 aliphatic heterocycles. The van der Waals surface area contributed by atoms with E-state index in [0.29, 0.717) is 35.0 Å². The Hall–Kier alpha value is -2.54. The Balaban J connectivity index is 1.59. The molecule has 2 heterocycles. The summed E-state index contributed by atoms with van der Waals surface area (Å²) >= 11 is 1.38. The second-order valence-corrected chi connectivity index (χ2v) is 6.74. The maximum absolute atomic E-state index is 13.9. The number of carbonyl (C=O) groups is 1. The van der Waals surface area contributed by atoms with E-state index in [2.05, 4.69) is 15.5 Å². The SMILES string of the molecule is Cc1csc(NC(=O)C2(c3cc(-c4ccccc4F)on3)CC2)n1. The zero-order valence-electron chi connectivity index (χ0n) is 12.9. The number of hydrogen-bond acceptors (Lipinski definition) is 5. The van der Waals surface area contributed by atoms with Gasteiger partial charge >= 0.3 is 0 Å². The second kappa shape index (κ2) is 5.52. The van der Waals surface area contributed by atoms with Crippen molar-refractivity contribution in [3.8, 4) is 11.3 Å². The van der Waals surface area contributed by atoms with Gasteiger partial charge < -0.3 is 9.84 Å². The van der Waals surface area contributed by atoms with E-state index in [1.165, 1.54) is 17.4 Å². The Kier molecular flexibility index (Phi) is 3.45. The molecule has 1 saturated carbocycles. The van der Waals surface area contributed by atoms with Gasteiger partial charge in [-0.1, -0.05) is 17.3 Å². The summed E-state index contributed by atoms with van der Waals surface area (Å²) in [5.74, 6) is -0.203. The third-order valence-electron chi connectivity index (χ3n) is 4.16. The molecule has 0 radical (unpaired) electrons. The van der Waals surface area contributed by atoms with Crippen LogP contribution in [0.2, 0.25) is 0 Å². The van der Waals surface area contributed by atoms with Gasteiger partial charge in [-0.3, -0.25) is 4.79 Å². The predicted octanol–water partition coefficient (Wildman–Crippen LogP) is 3.92. The third-order valence-corrected chi connectivity index (χ3v) is 5.04. The van der Waals surface area contributed by atoms with Crippen LogP contribution in [-0.2, 0) is 10.2 Å². The van der Waals surface area contributed by atoms with Crippen molar-refractivity contribution in [1.82, 2.24) is 10.1 Å². The zero-order chi connectivity index (χ0) is 16.7. The molecule has 1 fully saturated rings. The number of hydrogen-bond donors (Lipinski definition) is 1. The van der Waals surface area contributed by atoms with Crippen molar-refractivity contribution in [3.05, 3.63) is 52.9 Å². The van der Waals surface area contributed by atoms with Crippen LogP contribution in [-0.4, -0.2) is 16.0 Å². The van der Waals surface area contributed by atoms with Gasteiger partial charge in [0.05, 0.1) is 22.4 Å². The Morgan fingerprint density at radius 2 is 2.17 bits per heavy atom. The fourth-order valence-corrected chi connectivity index (χ4v) is 3.32. The largest absolute Gasteiger partial charge is 0.356 e. The first kappa shape index (κ1) is 15.0. The first-order valence-corrected chi connectivity index (χ1v) is 8.42. The molecule has 0 spiro atoms. The Morgan fingerprint density at radius 3 is 2.83 bits per heavy atom. The van der Waals surface area contributed by atoms with Crippen molar-refractivity contribution >= 4 is 22.4 Å². The topological polar surface area (TPSA) is 68.0 Å². The van der Waals surface area contributed by atoms with Crippen molar-refractivity contribution in [2.75, 3.05) is 5.32 Å². The van der Waals surface area contributed by atoms with E-state index in [0.717, 1.165) is 5.69 Å². The number of aromatic nitrogens is 2. The van der Waals surface area contributed by atoms with Gasteiger partial charge in [0.15, 0.2) is 10.9 Å². The average molecular weight is 343 g/mol. The quantitative estimate of drug-likeness (QED) is 0.780. The number of nitrogens with one attached hydrogen (secondary N) is 1. The number of amides is 1. The molecule has 2 aromatic heterocycles. The highest BCUT2D eigenvalue weighted by molar-refractivity contribution is 7.13. The normalized spacial score (nSPS) is 15.2. The van der Waals surface area contributed by atoms with E-state index in [-0.39, 0.29) is 11.7 Å². The molecule has 0 bridgehead atoms. The molecule has 0 atom stereocenters. The molecule has 4 rings (SSSR count).